The molecule has 0 aromatic heterocycles. The first-order valence-electron chi connectivity index (χ1n) is 4.43. The van der Waals surface area contributed by atoms with Crippen molar-refractivity contribution in [2.75, 3.05) is 12.4 Å². The molecule has 0 bridgehead atoms. The summed E-state index contributed by atoms with van der Waals surface area (Å²) in [6.45, 7) is 3.61. The third-order valence-electron chi connectivity index (χ3n) is 1.48. The van der Waals surface area contributed by atoms with Crippen molar-refractivity contribution in [2.24, 2.45) is 0 Å². The van der Waals surface area contributed by atoms with Crippen LogP contribution in [0.25, 0.3) is 0 Å². The van der Waals surface area contributed by atoms with E-state index in [1.165, 1.54) is 0 Å². The summed E-state index contributed by atoms with van der Waals surface area (Å²) in [5, 5.41) is 3.04. The molecule has 0 amide bonds. The average Bonchev–Trinajstić information content (AvgIpc) is 2.03. The second kappa shape index (κ2) is 4.00. The molecule has 66 valence electrons. The van der Waals surface area contributed by atoms with Gasteiger partial charge in [0.05, 0.1) is 8.48 Å². The van der Waals surface area contributed by atoms with Gasteiger partial charge in [-0.15, -0.1) is 0 Å². The van der Waals surface area contributed by atoms with Gasteiger partial charge in [-0.05, 0) is 38.1 Å². The van der Waals surface area contributed by atoms with Crippen molar-refractivity contribution in [1.29, 1.82) is 0 Å². The van der Waals surface area contributed by atoms with Gasteiger partial charge in [-0.3, -0.25) is 0 Å². The zero-order chi connectivity index (χ0) is 9.90. The Morgan fingerprint density at radius 1 is 1.33 bits per heavy atom. The van der Waals surface area contributed by atoms with Crippen LogP contribution in [0, 0.1) is 0 Å². The topological polar surface area (TPSA) is 21.3 Å². The molecule has 0 radical (unpaired) electrons. The second-order valence-electron chi connectivity index (χ2n) is 2.85. The summed E-state index contributed by atoms with van der Waals surface area (Å²) in [7, 11) is 1.64. The Morgan fingerprint density at radius 3 is 2.33 bits per heavy atom. The van der Waals surface area contributed by atoms with Crippen LogP contribution in [-0.4, -0.2) is 13.1 Å². The molecule has 12 heavy (non-hydrogen) atoms. The van der Waals surface area contributed by atoms with Crippen molar-refractivity contribution in [3.05, 3.63) is 24.3 Å². The van der Waals surface area contributed by atoms with Gasteiger partial charge in [0.25, 0.3) is 0 Å². The highest BCUT2D eigenvalue weighted by Crippen LogP contribution is 2.15. The fourth-order valence-electron chi connectivity index (χ4n) is 0.963. The molecule has 0 saturated carbocycles. The van der Waals surface area contributed by atoms with E-state index in [-0.39, 0.29) is 0 Å². The van der Waals surface area contributed by atoms with Crippen LogP contribution in [0.3, 0.4) is 0 Å². The quantitative estimate of drug-likeness (QED) is 0.745. The maximum absolute atomic E-state index is 7.63. The van der Waals surface area contributed by atoms with Gasteiger partial charge in [0.15, 0.2) is 0 Å². The van der Waals surface area contributed by atoms with E-state index < -0.39 is 6.02 Å². The van der Waals surface area contributed by atoms with Gasteiger partial charge in [-0.25, -0.2) is 0 Å². The number of rotatable bonds is 3. The second-order valence-corrected chi connectivity index (χ2v) is 2.85. The van der Waals surface area contributed by atoms with Crippen LogP contribution in [0.2, 0.25) is 0 Å². The van der Waals surface area contributed by atoms with Crippen LogP contribution < -0.4 is 10.1 Å². The first kappa shape index (κ1) is 7.47. The van der Waals surface area contributed by atoms with Crippen molar-refractivity contribution >= 4 is 5.69 Å². The molecule has 1 rings (SSSR count). The molecule has 1 aromatic carbocycles. The molecular weight excluding hydrogens is 150 g/mol. The van der Waals surface area contributed by atoms with E-state index in [2.05, 4.69) is 5.32 Å². The molecule has 0 aliphatic rings. The predicted octanol–water partition coefficient (Wildman–Crippen LogP) is 2.52. The number of hydrogen-bond acceptors (Lipinski definition) is 2. The Balaban J connectivity index is 2.70. The monoisotopic (exact) mass is 166 g/mol. The molecule has 0 aliphatic heterocycles. The van der Waals surface area contributed by atoms with E-state index in [0.717, 1.165) is 11.4 Å². The van der Waals surface area contributed by atoms with Gasteiger partial charge in [0, 0.05) is 11.7 Å². The normalized spacial score (nSPS) is 12.1. The largest absolute Gasteiger partial charge is 0.497 e. The number of ether oxygens (including phenoxy) is 1. The van der Waals surface area contributed by atoms with E-state index in [9.17, 15) is 0 Å². The van der Waals surface area contributed by atoms with E-state index >= 15 is 0 Å². The van der Waals surface area contributed by atoms with Crippen LogP contribution in [0.15, 0.2) is 24.3 Å². The van der Waals surface area contributed by atoms with Crippen LogP contribution >= 0.6 is 0 Å². The smallest absolute Gasteiger partial charge is 0.119 e. The minimum atomic E-state index is -0.644. The highest BCUT2D eigenvalue weighted by molar-refractivity contribution is 5.46. The Morgan fingerprint density at radius 2 is 1.92 bits per heavy atom. The van der Waals surface area contributed by atoms with Gasteiger partial charge < -0.3 is 10.1 Å². The number of benzene rings is 1. The highest BCUT2D eigenvalue weighted by Gasteiger charge is 1.94. The predicted molar refractivity (Wildman–Crippen MR) is 51.8 cm³/mol. The zero-order valence-corrected chi connectivity index (χ0v) is 7.72. The molecule has 0 fully saturated rings. The van der Waals surface area contributed by atoms with Crippen LogP contribution in [0.4, 0.5) is 5.69 Å². The van der Waals surface area contributed by atoms with Gasteiger partial charge in [-0.1, -0.05) is 0 Å². The lowest BCUT2D eigenvalue weighted by Crippen LogP contribution is -2.09. The summed E-state index contributed by atoms with van der Waals surface area (Å²) in [6.07, 6.45) is 0. The summed E-state index contributed by atoms with van der Waals surface area (Å²) in [5.74, 6) is 0.827. The fourth-order valence-corrected chi connectivity index (χ4v) is 0.963. The lowest BCUT2D eigenvalue weighted by molar-refractivity contribution is 0.415. The Labute approximate surface area is 75.0 Å². The minimum absolute atomic E-state index is 0.644. The summed E-state index contributed by atoms with van der Waals surface area (Å²) < 4.78 is 12.7. The van der Waals surface area contributed by atoms with E-state index in [1.54, 1.807) is 21.0 Å². The van der Waals surface area contributed by atoms with Gasteiger partial charge in [0.1, 0.15) is 5.75 Å². The molecule has 1 aromatic rings. The third kappa shape index (κ3) is 2.46. The van der Waals surface area contributed by atoms with E-state index in [0.29, 0.717) is 0 Å². The molecular formula is C10H15NO. The Bertz CT molecular complexity index is 263. The molecule has 0 heterocycles. The molecule has 0 atom stereocenters. The molecule has 0 unspecified atom stereocenters. The van der Waals surface area contributed by atoms with Gasteiger partial charge >= 0.3 is 0 Å². The van der Waals surface area contributed by atoms with E-state index in [4.69, 9.17) is 6.11 Å². The van der Waals surface area contributed by atoms with Crippen LogP contribution in [-0.2, 0) is 0 Å². The van der Waals surface area contributed by atoms with Crippen molar-refractivity contribution in [3.8, 4) is 5.75 Å². The number of anilines is 1. The molecule has 1 N–H and O–H groups in total. The Kier molecular flexibility index (Phi) is 2.49. The maximum atomic E-state index is 7.63. The maximum Gasteiger partial charge on any atom is 0.119 e. The first-order chi connectivity index (χ1) is 6.01. The third-order valence-corrected chi connectivity index (χ3v) is 1.48. The first-order valence-corrected chi connectivity index (χ1v) is 3.93. The van der Waals surface area contributed by atoms with Crippen LogP contribution in [0.1, 0.15) is 15.2 Å². The molecule has 0 aliphatic carbocycles. The fraction of sp³-hybridized carbons (Fsp3) is 0.400. The van der Waals surface area contributed by atoms with Crippen LogP contribution in [0.5, 0.6) is 5.75 Å². The average molecular weight is 166 g/mol. The molecule has 2 nitrogen and oxygen atoms in total. The highest BCUT2D eigenvalue weighted by atomic mass is 16.5. The van der Waals surface area contributed by atoms with Gasteiger partial charge in [-0.2, -0.15) is 0 Å². The lowest BCUT2D eigenvalue weighted by atomic mass is 10.3. The van der Waals surface area contributed by atoms with Crippen molar-refractivity contribution in [1.82, 2.24) is 0 Å². The number of methoxy groups -OCH3 is 1. The SMILES string of the molecule is [2H]C(C)(C)Nc1ccc(OC)cc1. The van der Waals surface area contributed by atoms with Crippen molar-refractivity contribution in [2.45, 2.75) is 19.9 Å². The molecule has 0 saturated heterocycles. The standard InChI is InChI=1S/C10H15NO/c1-8(2)11-9-4-6-10(12-3)7-5-9/h4-8,11H,1-3H3/i8D. The van der Waals surface area contributed by atoms with Crippen molar-refractivity contribution < 1.29 is 6.11 Å². The van der Waals surface area contributed by atoms with Gasteiger partial charge in [0.2, 0.25) is 0 Å². The number of hydrogen-bond donors (Lipinski definition) is 1. The summed E-state index contributed by atoms with van der Waals surface area (Å²) >= 11 is 0. The van der Waals surface area contributed by atoms with Crippen molar-refractivity contribution in [3.63, 3.8) is 0 Å². The molecule has 0 spiro atoms. The summed E-state index contributed by atoms with van der Waals surface area (Å²) in [6, 6.07) is 6.89. The molecule has 2 heteroatoms. The Hall–Kier alpha value is -1.18. The van der Waals surface area contributed by atoms with E-state index in [1.807, 2.05) is 24.3 Å². The lowest BCUT2D eigenvalue weighted by Gasteiger charge is -2.09. The summed E-state index contributed by atoms with van der Waals surface area (Å²) in [4.78, 5) is 0. The summed E-state index contributed by atoms with van der Waals surface area (Å²) in [5.41, 5.74) is 0.931. The minimum Gasteiger partial charge on any atom is -0.497 e. The zero-order valence-electron chi connectivity index (χ0n) is 8.72. The number of nitrogens with one attached hydrogen (secondary N) is 1.